The number of aromatic nitrogens is 2. The molecule has 22 heavy (non-hydrogen) atoms. The van der Waals surface area contributed by atoms with E-state index in [1.165, 1.54) is 12.2 Å². The SMILES string of the molecule is CC(C)c1nc(C2CCCN2C(=O)NCC2CCSC2)no1. The van der Waals surface area contributed by atoms with Crippen LogP contribution in [0.3, 0.4) is 0 Å². The molecule has 6 nitrogen and oxygen atoms in total. The Morgan fingerprint density at radius 3 is 3.05 bits per heavy atom. The second-order valence-corrected chi connectivity index (χ2v) is 7.56. The number of likely N-dealkylation sites (tertiary alicyclic amines) is 1. The number of thioether (sulfide) groups is 1. The molecule has 0 radical (unpaired) electrons. The van der Waals surface area contributed by atoms with Crippen molar-refractivity contribution in [1.82, 2.24) is 20.4 Å². The van der Waals surface area contributed by atoms with E-state index in [1.807, 2.05) is 30.5 Å². The van der Waals surface area contributed by atoms with Crippen LogP contribution in [0.1, 0.15) is 56.8 Å². The molecular weight excluding hydrogens is 300 g/mol. The predicted molar refractivity (Wildman–Crippen MR) is 85.9 cm³/mol. The molecule has 2 aliphatic heterocycles. The average molecular weight is 324 g/mol. The maximum atomic E-state index is 12.4. The molecule has 2 unspecified atom stereocenters. The number of urea groups is 1. The zero-order valence-electron chi connectivity index (χ0n) is 13.2. The summed E-state index contributed by atoms with van der Waals surface area (Å²) >= 11 is 1.97. The van der Waals surface area contributed by atoms with E-state index in [2.05, 4.69) is 15.5 Å². The third-order valence-electron chi connectivity index (χ3n) is 4.33. The number of rotatable bonds is 4. The summed E-state index contributed by atoms with van der Waals surface area (Å²) in [4.78, 5) is 18.8. The summed E-state index contributed by atoms with van der Waals surface area (Å²) in [5.41, 5.74) is 0. The molecule has 3 rings (SSSR count). The van der Waals surface area contributed by atoms with E-state index in [0.29, 0.717) is 17.6 Å². The lowest BCUT2D eigenvalue weighted by Gasteiger charge is -2.23. The molecule has 0 bridgehead atoms. The molecule has 2 aliphatic rings. The molecule has 0 aromatic carbocycles. The molecule has 2 saturated heterocycles. The van der Waals surface area contributed by atoms with E-state index in [-0.39, 0.29) is 18.0 Å². The molecule has 122 valence electrons. The zero-order valence-corrected chi connectivity index (χ0v) is 14.1. The highest BCUT2D eigenvalue weighted by Gasteiger charge is 2.34. The summed E-state index contributed by atoms with van der Waals surface area (Å²) in [6.07, 6.45) is 3.10. The van der Waals surface area contributed by atoms with Crippen molar-refractivity contribution < 1.29 is 9.32 Å². The van der Waals surface area contributed by atoms with Gasteiger partial charge in [0.15, 0.2) is 5.82 Å². The van der Waals surface area contributed by atoms with Crippen molar-refractivity contribution in [3.8, 4) is 0 Å². The van der Waals surface area contributed by atoms with E-state index < -0.39 is 0 Å². The molecular formula is C15H24N4O2S. The van der Waals surface area contributed by atoms with Gasteiger partial charge in [-0.25, -0.2) is 4.79 Å². The Hall–Kier alpha value is -1.24. The second kappa shape index (κ2) is 6.89. The first-order valence-corrected chi connectivity index (χ1v) is 9.26. The monoisotopic (exact) mass is 324 g/mol. The molecule has 1 aromatic heterocycles. The van der Waals surface area contributed by atoms with Gasteiger partial charge >= 0.3 is 6.03 Å². The minimum Gasteiger partial charge on any atom is -0.339 e. The van der Waals surface area contributed by atoms with Crippen LogP contribution in [0.25, 0.3) is 0 Å². The van der Waals surface area contributed by atoms with Gasteiger partial charge in [-0.05, 0) is 36.7 Å². The van der Waals surface area contributed by atoms with Gasteiger partial charge in [-0.2, -0.15) is 16.7 Å². The molecule has 2 amide bonds. The Bertz CT molecular complexity index is 513. The normalized spacial score (nSPS) is 25.1. The highest BCUT2D eigenvalue weighted by molar-refractivity contribution is 7.99. The summed E-state index contributed by atoms with van der Waals surface area (Å²) in [5.74, 6) is 4.50. The Morgan fingerprint density at radius 1 is 1.50 bits per heavy atom. The van der Waals surface area contributed by atoms with Crippen LogP contribution in [0.4, 0.5) is 4.79 Å². The number of carbonyl (C=O) groups is 1. The Morgan fingerprint density at radius 2 is 2.36 bits per heavy atom. The Kier molecular flexibility index (Phi) is 4.90. The highest BCUT2D eigenvalue weighted by Crippen LogP contribution is 2.31. The summed E-state index contributed by atoms with van der Waals surface area (Å²) in [5, 5.41) is 7.16. The van der Waals surface area contributed by atoms with Gasteiger partial charge in [-0.15, -0.1) is 0 Å². The van der Waals surface area contributed by atoms with E-state index >= 15 is 0 Å². The molecule has 7 heteroatoms. The van der Waals surface area contributed by atoms with Gasteiger partial charge in [-0.3, -0.25) is 0 Å². The second-order valence-electron chi connectivity index (χ2n) is 6.41. The third-order valence-corrected chi connectivity index (χ3v) is 5.56. The number of carbonyl (C=O) groups excluding carboxylic acids is 1. The van der Waals surface area contributed by atoms with Gasteiger partial charge in [0.2, 0.25) is 5.89 Å². The molecule has 0 aliphatic carbocycles. The third kappa shape index (κ3) is 3.39. The number of hydrogen-bond acceptors (Lipinski definition) is 5. The van der Waals surface area contributed by atoms with Crippen LogP contribution in [-0.2, 0) is 0 Å². The van der Waals surface area contributed by atoms with Gasteiger partial charge in [-0.1, -0.05) is 19.0 Å². The van der Waals surface area contributed by atoms with Gasteiger partial charge in [0.25, 0.3) is 0 Å². The van der Waals surface area contributed by atoms with Crippen molar-refractivity contribution in [2.24, 2.45) is 5.92 Å². The van der Waals surface area contributed by atoms with Crippen LogP contribution in [0, 0.1) is 5.92 Å². The molecule has 0 saturated carbocycles. The fourth-order valence-corrected chi connectivity index (χ4v) is 4.26. The van der Waals surface area contributed by atoms with Crippen molar-refractivity contribution in [2.75, 3.05) is 24.6 Å². The van der Waals surface area contributed by atoms with Crippen molar-refractivity contribution >= 4 is 17.8 Å². The minimum atomic E-state index is -0.0470. The number of amides is 2. The van der Waals surface area contributed by atoms with Gasteiger partial charge in [0.05, 0.1) is 6.04 Å². The van der Waals surface area contributed by atoms with E-state index in [4.69, 9.17) is 4.52 Å². The van der Waals surface area contributed by atoms with E-state index in [9.17, 15) is 4.79 Å². The topological polar surface area (TPSA) is 71.3 Å². The minimum absolute atomic E-state index is 0.00953. The molecule has 2 atom stereocenters. The smallest absolute Gasteiger partial charge is 0.318 e. The maximum Gasteiger partial charge on any atom is 0.318 e. The lowest BCUT2D eigenvalue weighted by Crippen LogP contribution is -2.41. The largest absolute Gasteiger partial charge is 0.339 e. The maximum absolute atomic E-state index is 12.4. The van der Waals surface area contributed by atoms with Crippen LogP contribution in [0.2, 0.25) is 0 Å². The zero-order chi connectivity index (χ0) is 15.5. The quantitative estimate of drug-likeness (QED) is 0.922. The van der Waals surface area contributed by atoms with Crippen molar-refractivity contribution in [3.05, 3.63) is 11.7 Å². The van der Waals surface area contributed by atoms with Gasteiger partial charge < -0.3 is 14.7 Å². The fourth-order valence-electron chi connectivity index (χ4n) is 2.97. The van der Waals surface area contributed by atoms with Crippen LogP contribution >= 0.6 is 11.8 Å². The molecule has 0 spiro atoms. The Labute approximate surface area is 135 Å². The fraction of sp³-hybridized carbons (Fsp3) is 0.800. The first-order chi connectivity index (χ1) is 10.6. The molecule has 1 aromatic rings. The lowest BCUT2D eigenvalue weighted by atomic mass is 10.1. The number of nitrogens with zero attached hydrogens (tertiary/aromatic N) is 3. The summed E-state index contributed by atoms with van der Waals surface area (Å²) in [7, 11) is 0. The van der Waals surface area contributed by atoms with E-state index in [1.54, 1.807) is 0 Å². The molecule has 2 fully saturated rings. The van der Waals surface area contributed by atoms with Crippen LogP contribution in [-0.4, -0.2) is 45.7 Å². The van der Waals surface area contributed by atoms with Crippen LogP contribution in [0.15, 0.2) is 4.52 Å². The van der Waals surface area contributed by atoms with E-state index in [0.717, 1.165) is 31.7 Å². The number of nitrogens with one attached hydrogen (secondary N) is 1. The molecule has 1 N–H and O–H groups in total. The summed E-state index contributed by atoms with van der Waals surface area (Å²) < 4.78 is 5.29. The highest BCUT2D eigenvalue weighted by atomic mass is 32.2. The van der Waals surface area contributed by atoms with Crippen LogP contribution < -0.4 is 5.32 Å². The summed E-state index contributed by atoms with van der Waals surface area (Å²) in [6.45, 7) is 5.59. The first-order valence-electron chi connectivity index (χ1n) is 8.11. The van der Waals surface area contributed by atoms with Crippen molar-refractivity contribution in [3.63, 3.8) is 0 Å². The van der Waals surface area contributed by atoms with Crippen molar-refractivity contribution in [2.45, 2.75) is 45.1 Å². The molecule has 3 heterocycles. The Balaban J connectivity index is 1.60. The lowest BCUT2D eigenvalue weighted by molar-refractivity contribution is 0.188. The first kappa shape index (κ1) is 15.6. The predicted octanol–water partition coefficient (Wildman–Crippen LogP) is 2.79. The van der Waals surface area contributed by atoms with Gasteiger partial charge in [0, 0.05) is 19.0 Å². The number of hydrogen-bond donors (Lipinski definition) is 1. The van der Waals surface area contributed by atoms with Crippen LogP contribution in [0.5, 0.6) is 0 Å². The van der Waals surface area contributed by atoms with Gasteiger partial charge in [0.1, 0.15) is 0 Å². The summed E-state index contributed by atoms with van der Waals surface area (Å²) in [6, 6.07) is -0.0375. The van der Waals surface area contributed by atoms with Crippen molar-refractivity contribution in [1.29, 1.82) is 0 Å². The average Bonchev–Trinajstić information content (AvgIpc) is 3.23. The standard InChI is InChI=1S/C15H24N4O2S/c1-10(2)14-17-13(18-21-14)12-4-3-6-19(12)15(20)16-8-11-5-7-22-9-11/h10-12H,3-9H2,1-2H3,(H,16,20).